The minimum Gasteiger partial charge on any atom is -0.507 e. The minimum absolute atomic E-state index is 0.0707. The number of ether oxygens (including phenoxy) is 1. The van der Waals surface area contributed by atoms with Gasteiger partial charge in [-0.15, -0.1) is 11.8 Å². The Bertz CT molecular complexity index is 632. The Labute approximate surface area is 153 Å². The Morgan fingerprint density at radius 2 is 2.00 bits per heavy atom. The molecular weight excluding hydrogens is 338 g/mol. The molecular formula is C19H27NO4S. The van der Waals surface area contributed by atoms with E-state index in [0.29, 0.717) is 28.7 Å². The maximum absolute atomic E-state index is 11.3. The molecule has 1 atom stereocenters. The monoisotopic (exact) mass is 365 g/mol. The predicted octanol–water partition coefficient (Wildman–Crippen LogP) is 4.47. The van der Waals surface area contributed by atoms with E-state index in [1.54, 1.807) is 25.1 Å². The topological polar surface area (TPSA) is 79.1 Å². The SMILES string of the molecule is CCCCCCCCOc1ccc(C2=N[C@@](C)(C(=O)O)CS2)c(O)c1. The number of carboxylic acid groups (broad SMARTS) is 1. The van der Waals surface area contributed by atoms with Crippen LogP contribution in [0.1, 0.15) is 57.9 Å². The molecule has 2 rings (SSSR count). The maximum Gasteiger partial charge on any atom is 0.332 e. The summed E-state index contributed by atoms with van der Waals surface area (Å²) in [6.07, 6.45) is 7.22. The molecule has 0 aliphatic carbocycles. The number of aliphatic imine (C=N–C) groups is 1. The van der Waals surface area contributed by atoms with Crippen LogP contribution in [0.2, 0.25) is 0 Å². The van der Waals surface area contributed by atoms with Crippen LogP contribution in [0, 0.1) is 0 Å². The summed E-state index contributed by atoms with van der Waals surface area (Å²) in [6, 6.07) is 5.11. The van der Waals surface area contributed by atoms with E-state index in [0.717, 1.165) is 12.8 Å². The van der Waals surface area contributed by atoms with Crippen LogP contribution in [0.5, 0.6) is 11.5 Å². The van der Waals surface area contributed by atoms with Crippen molar-refractivity contribution in [1.29, 1.82) is 0 Å². The summed E-state index contributed by atoms with van der Waals surface area (Å²) in [6.45, 7) is 4.43. The highest BCUT2D eigenvalue weighted by atomic mass is 32.2. The summed E-state index contributed by atoms with van der Waals surface area (Å²) < 4.78 is 5.69. The van der Waals surface area contributed by atoms with Crippen LogP contribution >= 0.6 is 11.8 Å². The van der Waals surface area contributed by atoms with Gasteiger partial charge in [0.25, 0.3) is 0 Å². The van der Waals surface area contributed by atoms with Crippen LogP contribution in [-0.2, 0) is 4.79 Å². The van der Waals surface area contributed by atoms with Gasteiger partial charge in [-0.3, -0.25) is 4.99 Å². The number of carboxylic acids is 1. The lowest BCUT2D eigenvalue weighted by Crippen LogP contribution is -2.33. The Morgan fingerprint density at radius 3 is 2.64 bits per heavy atom. The molecule has 0 bridgehead atoms. The van der Waals surface area contributed by atoms with Crippen molar-refractivity contribution in [3.8, 4) is 11.5 Å². The maximum atomic E-state index is 11.3. The molecule has 5 nitrogen and oxygen atoms in total. The number of aromatic hydroxyl groups is 1. The van der Waals surface area contributed by atoms with Crippen molar-refractivity contribution in [1.82, 2.24) is 0 Å². The lowest BCUT2D eigenvalue weighted by Gasteiger charge is -2.11. The van der Waals surface area contributed by atoms with Crippen molar-refractivity contribution in [2.75, 3.05) is 12.4 Å². The summed E-state index contributed by atoms with van der Waals surface area (Å²) in [7, 11) is 0. The summed E-state index contributed by atoms with van der Waals surface area (Å²) in [5.41, 5.74) is -0.568. The molecule has 1 aromatic carbocycles. The first kappa shape index (κ1) is 19.6. The standard InChI is InChI=1S/C19H27NO4S/c1-3-4-5-6-7-8-11-24-14-9-10-15(16(21)12-14)17-20-19(2,13-25-17)18(22)23/h9-10,12,21H,3-8,11,13H2,1-2H3,(H,22,23)/t19-/m1/s1. The second-order valence-electron chi connectivity index (χ2n) is 6.58. The van der Waals surface area contributed by atoms with Gasteiger partial charge in [0.15, 0.2) is 5.54 Å². The van der Waals surface area contributed by atoms with E-state index < -0.39 is 11.5 Å². The average molecular weight is 365 g/mol. The van der Waals surface area contributed by atoms with Gasteiger partial charge in [-0.25, -0.2) is 4.79 Å². The molecule has 0 aromatic heterocycles. The number of rotatable bonds is 10. The first-order chi connectivity index (χ1) is 12.0. The zero-order chi connectivity index (χ0) is 18.3. The minimum atomic E-state index is -1.13. The Balaban J connectivity index is 1.88. The third-order valence-electron chi connectivity index (χ3n) is 4.27. The van der Waals surface area contributed by atoms with Gasteiger partial charge in [0.1, 0.15) is 16.5 Å². The number of carbonyl (C=O) groups is 1. The van der Waals surface area contributed by atoms with Crippen LogP contribution in [0.4, 0.5) is 0 Å². The summed E-state index contributed by atoms with van der Waals surface area (Å²) in [4.78, 5) is 15.5. The number of unbranched alkanes of at least 4 members (excludes halogenated alkanes) is 5. The van der Waals surface area contributed by atoms with E-state index >= 15 is 0 Å². The van der Waals surface area contributed by atoms with Gasteiger partial charge in [-0.05, 0) is 25.5 Å². The van der Waals surface area contributed by atoms with Gasteiger partial charge in [0.2, 0.25) is 0 Å². The number of thioether (sulfide) groups is 1. The Kier molecular flexibility index (Phi) is 7.17. The molecule has 0 spiro atoms. The Morgan fingerprint density at radius 1 is 1.28 bits per heavy atom. The van der Waals surface area contributed by atoms with Crippen molar-refractivity contribution >= 4 is 22.8 Å². The van der Waals surface area contributed by atoms with E-state index in [9.17, 15) is 15.0 Å². The molecule has 0 amide bonds. The van der Waals surface area contributed by atoms with Crippen molar-refractivity contribution in [2.45, 2.75) is 57.9 Å². The smallest absolute Gasteiger partial charge is 0.332 e. The van der Waals surface area contributed by atoms with Crippen molar-refractivity contribution in [3.05, 3.63) is 23.8 Å². The number of hydrogen-bond donors (Lipinski definition) is 2. The highest BCUT2D eigenvalue weighted by Crippen LogP contribution is 2.35. The largest absolute Gasteiger partial charge is 0.507 e. The molecule has 1 heterocycles. The molecule has 1 aliphatic rings. The van der Waals surface area contributed by atoms with Gasteiger partial charge in [0.05, 0.1) is 6.61 Å². The summed E-state index contributed by atoms with van der Waals surface area (Å²) >= 11 is 1.35. The normalized spacial score (nSPS) is 19.7. The number of nitrogens with zero attached hydrogens (tertiary/aromatic N) is 1. The summed E-state index contributed by atoms with van der Waals surface area (Å²) in [5, 5.41) is 20.0. The number of phenols is 1. The van der Waals surface area contributed by atoms with Gasteiger partial charge in [-0.1, -0.05) is 39.0 Å². The molecule has 0 saturated heterocycles. The highest BCUT2D eigenvalue weighted by molar-refractivity contribution is 8.14. The second kappa shape index (κ2) is 9.13. The first-order valence-corrected chi connectivity index (χ1v) is 9.87. The van der Waals surface area contributed by atoms with E-state index in [2.05, 4.69) is 11.9 Å². The molecule has 2 N–H and O–H groups in total. The number of hydrogen-bond acceptors (Lipinski definition) is 5. The van der Waals surface area contributed by atoms with E-state index in [1.807, 2.05) is 0 Å². The van der Waals surface area contributed by atoms with Crippen molar-refractivity contribution < 1.29 is 19.7 Å². The van der Waals surface area contributed by atoms with Crippen LogP contribution in [0.15, 0.2) is 23.2 Å². The molecule has 0 unspecified atom stereocenters. The molecule has 6 heteroatoms. The quantitative estimate of drug-likeness (QED) is 0.598. The Hall–Kier alpha value is -1.69. The molecule has 1 aliphatic heterocycles. The first-order valence-electron chi connectivity index (χ1n) is 8.88. The van der Waals surface area contributed by atoms with Crippen LogP contribution in [-0.4, -0.2) is 39.1 Å². The zero-order valence-corrected chi connectivity index (χ0v) is 15.8. The fourth-order valence-electron chi connectivity index (χ4n) is 2.60. The highest BCUT2D eigenvalue weighted by Gasteiger charge is 2.38. The van der Waals surface area contributed by atoms with Crippen LogP contribution in [0.25, 0.3) is 0 Å². The van der Waals surface area contributed by atoms with Gasteiger partial charge in [0, 0.05) is 17.4 Å². The molecule has 25 heavy (non-hydrogen) atoms. The summed E-state index contributed by atoms with van der Waals surface area (Å²) in [5.74, 6) is 0.113. The van der Waals surface area contributed by atoms with E-state index in [4.69, 9.17) is 4.74 Å². The van der Waals surface area contributed by atoms with E-state index in [-0.39, 0.29) is 5.75 Å². The van der Waals surface area contributed by atoms with Gasteiger partial charge >= 0.3 is 5.97 Å². The van der Waals surface area contributed by atoms with Crippen molar-refractivity contribution in [2.24, 2.45) is 4.99 Å². The van der Waals surface area contributed by atoms with Crippen LogP contribution in [0.3, 0.4) is 0 Å². The van der Waals surface area contributed by atoms with Crippen molar-refractivity contribution in [3.63, 3.8) is 0 Å². The van der Waals surface area contributed by atoms with Gasteiger partial charge < -0.3 is 14.9 Å². The second-order valence-corrected chi connectivity index (χ2v) is 7.54. The molecule has 0 saturated carbocycles. The van der Waals surface area contributed by atoms with Crippen LogP contribution < -0.4 is 4.74 Å². The number of phenolic OH excluding ortho intramolecular Hbond substituents is 1. The fourth-order valence-corrected chi connectivity index (χ4v) is 3.80. The molecule has 138 valence electrons. The number of benzene rings is 1. The fraction of sp³-hybridized carbons (Fsp3) is 0.579. The van der Waals surface area contributed by atoms with E-state index in [1.165, 1.54) is 37.4 Å². The number of aliphatic carboxylic acids is 1. The zero-order valence-electron chi connectivity index (χ0n) is 15.0. The van der Waals surface area contributed by atoms with Gasteiger partial charge in [-0.2, -0.15) is 0 Å². The third kappa shape index (κ3) is 5.39. The molecule has 1 aromatic rings. The lowest BCUT2D eigenvalue weighted by atomic mass is 10.1. The molecule has 0 fully saturated rings. The lowest BCUT2D eigenvalue weighted by molar-refractivity contribution is -0.141. The third-order valence-corrected chi connectivity index (χ3v) is 5.56. The molecule has 0 radical (unpaired) electrons. The average Bonchev–Trinajstić information content (AvgIpc) is 2.98. The predicted molar refractivity (Wildman–Crippen MR) is 102 cm³/mol.